The third kappa shape index (κ3) is 4.62. The summed E-state index contributed by atoms with van der Waals surface area (Å²) in [5.74, 6) is -0.0844. The molecule has 1 unspecified atom stereocenters. The van der Waals surface area contributed by atoms with E-state index < -0.39 is 0 Å². The minimum Gasteiger partial charge on any atom is -0.375 e. The molecule has 25 heavy (non-hydrogen) atoms. The fourth-order valence-corrected chi connectivity index (χ4v) is 3.68. The molecule has 0 aliphatic rings. The van der Waals surface area contributed by atoms with Crippen LogP contribution in [0.4, 0.5) is 5.69 Å². The molecule has 2 aromatic carbocycles. The molecular formula is C20H19ClN2OS. The second-order valence-corrected chi connectivity index (χ2v) is 7.15. The van der Waals surface area contributed by atoms with Gasteiger partial charge in [-0.1, -0.05) is 54.1 Å². The van der Waals surface area contributed by atoms with E-state index in [9.17, 15) is 4.79 Å². The van der Waals surface area contributed by atoms with E-state index >= 15 is 0 Å². The third-order valence-electron chi connectivity index (χ3n) is 3.83. The Kier molecular flexibility index (Phi) is 5.74. The van der Waals surface area contributed by atoms with Crippen LogP contribution in [0.2, 0.25) is 5.02 Å². The first kappa shape index (κ1) is 17.5. The van der Waals surface area contributed by atoms with Crippen molar-refractivity contribution in [3.63, 3.8) is 0 Å². The number of thiophene rings is 1. The van der Waals surface area contributed by atoms with Gasteiger partial charge in [0.25, 0.3) is 0 Å². The van der Waals surface area contributed by atoms with Crippen LogP contribution in [0.5, 0.6) is 0 Å². The summed E-state index contributed by atoms with van der Waals surface area (Å²) >= 11 is 7.83. The minimum atomic E-state index is -0.149. The standard InChI is InChI=1S/C20H19ClN2OS/c1-14-9-10-17(16(21)12-14)22-13-19(24)23-20(18-8-5-11-25-18)15-6-3-2-4-7-15/h2-12,20,22H,13H2,1H3,(H,23,24). The highest BCUT2D eigenvalue weighted by atomic mass is 35.5. The summed E-state index contributed by atoms with van der Waals surface area (Å²) in [7, 11) is 0. The largest absolute Gasteiger partial charge is 0.375 e. The second-order valence-electron chi connectivity index (χ2n) is 5.76. The summed E-state index contributed by atoms with van der Waals surface area (Å²) in [6.45, 7) is 2.14. The Bertz CT molecular complexity index is 834. The van der Waals surface area contributed by atoms with Gasteiger partial charge in [0.1, 0.15) is 0 Å². The zero-order valence-electron chi connectivity index (χ0n) is 13.8. The van der Waals surface area contributed by atoms with Crippen molar-refractivity contribution in [2.75, 3.05) is 11.9 Å². The van der Waals surface area contributed by atoms with Crippen molar-refractivity contribution < 1.29 is 4.79 Å². The molecular weight excluding hydrogens is 352 g/mol. The molecule has 1 atom stereocenters. The lowest BCUT2D eigenvalue weighted by atomic mass is 10.1. The van der Waals surface area contributed by atoms with E-state index in [1.54, 1.807) is 11.3 Å². The SMILES string of the molecule is Cc1ccc(NCC(=O)NC(c2ccccc2)c2cccs2)c(Cl)c1. The Labute approximate surface area is 156 Å². The van der Waals surface area contributed by atoms with E-state index in [4.69, 9.17) is 11.6 Å². The third-order valence-corrected chi connectivity index (χ3v) is 5.08. The van der Waals surface area contributed by atoms with Crippen LogP contribution in [0.15, 0.2) is 66.0 Å². The van der Waals surface area contributed by atoms with Crippen LogP contribution in [-0.2, 0) is 4.79 Å². The summed E-state index contributed by atoms with van der Waals surface area (Å²) in [6.07, 6.45) is 0. The molecule has 5 heteroatoms. The number of nitrogens with one attached hydrogen (secondary N) is 2. The number of carbonyl (C=O) groups excluding carboxylic acids is 1. The monoisotopic (exact) mass is 370 g/mol. The van der Waals surface area contributed by atoms with Crippen LogP contribution < -0.4 is 10.6 Å². The summed E-state index contributed by atoms with van der Waals surface area (Å²) in [5.41, 5.74) is 2.91. The van der Waals surface area contributed by atoms with Gasteiger partial charge in [0.2, 0.25) is 5.91 Å². The molecule has 0 fully saturated rings. The molecule has 0 saturated heterocycles. The first-order valence-electron chi connectivity index (χ1n) is 8.01. The number of amides is 1. The number of hydrogen-bond acceptors (Lipinski definition) is 3. The Morgan fingerprint density at radius 1 is 1.12 bits per heavy atom. The van der Waals surface area contributed by atoms with Gasteiger partial charge in [-0.25, -0.2) is 0 Å². The number of rotatable bonds is 6. The van der Waals surface area contributed by atoms with Gasteiger partial charge in [0, 0.05) is 4.88 Å². The molecule has 3 nitrogen and oxygen atoms in total. The van der Waals surface area contributed by atoms with Crippen LogP contribution in [0.3, 0.4) is 0 Å². The molecule has 1 amide bonds. The molecule has 3 rings (SSSR count). The normalized spacial score (nSPS) is 11.8. The van der Waals surface area contributed by atoms with Crippen molar-refractivity contribution in [2.45, 2.75) is 13.0 Å². The molecule has 0 radical (unpaired) electrons. The van der Waals surface area contributed by atoms with Gasteiger partial charge in [-0.05, 0) is 41.6 Å². The molecule has 3 aromatic rings. The first-order chi connectivity index (χ1) is 12.1. The van der Waals surface area contributed by atoms with Gasteiger partial charge in [-0.15, -0.1) is 11.3 Å². The van der Waals surface area contributed by atoms with Crippen LogP contribution in [0.1, 0.15) is 22.0 Å². The van der Waals surface area contributed by atoms with Crippen LogP contribution in [0.25, 0.3) is 0 Å². The van der Waals surface area contributed by atoms with Gasteiger partial charge >= 0.3 is 0 Å². The lowest BCUT2D eigenvalue weighted by molar-refractivity contribution is -0.119. The Morgan fingerprint density at radius 2 is 1.92 bits per heavy atom. The molecule has 2 N–H and O–H groups in total. The number of benzene rings is 2. The van der Waals surface area contributed by atoms with Gasteiger partial charge in [-0.2, -0.15) is 0 Å². The predicted molar refractivity (Wildman–Crippen MR) is 105 cm³/mol. The van der Waals surface area contributed by atoms with Crippen LogP contribution in [-0.4, -0.2) is 12.5 Å². The van der Waals surface area contributed by atoms with Crippen molar-refractivity contribution in [1.29, 1.82) is 0 Å². The van der Waals surface area contributed by atoms with Gasteiger partial charge in [-0.3, -0.25) is 4.79 Å². The lowest BCUT2D eigenvalue weighted by Gasteiger charge is -2.18. The number of anilines is 1. The maximum atomic E-state index is 12.5. The molecule has 0 saturated carbocycles. The Balaban J connectivity index is 1.68. The van der Waals surface area contributed by atoms with Crippen LogP contribution in [0, 0.1) is 6.92 Å². The van der Waals surface area contributed by atoms with Gasteiger partial charge < -0.3 is 10.6 Å². The summed E-state index contributed by atoms with van der Waals surface area (Å²) in [6, 6.07) is 19.6. The summed E-state index contributed by atoms with van der Waals surface area (Å²) in [4.78, 5) is 13.6. The zero-order valence-corrected chi connectivity index (χ0v) is 15.4. The van der Waals surface area contributed by atoms with Gasteiger partial charge in [0.05, 0.1) is 23.3 Å². The van der Waals surface area contributed by atoms with Crippen molar-refractivity contribution in [3.8, 4) is 0 Å². The molecule has 1 heterocycles. The summed E-state index contributed by atoms with van der Waals surface area (Å²) < 4.78 is 0. The molecule has 0 aliphatic carbocycles. The van der Waals surface area contributed by atoms with Crippen molar-refractivity contribution in [2.24, 2.45) is 0 Å². The number of hydrogen-bond donors (Lipinski definition) is 2. The fraction of sp³-hybridized carbons (Fsp3) is 0.150. The maximum Gasteiger partial charge on any atom is 0.240 e. The first-order valence-corrected chi connectivity index (χ1v) is 9.27. The predicted octanol–water partition coefficient (Wildman–Crippen LogP) is 5.03. The topological polar surface area (TPSA) is 41.1 Å². The van der Waals surface area contributed by atoms with Crippen molar-refractivity contribution >= 4 is 34.5 Å². The smallest absolute Gasteiger partial charge is 0.240 e. The lowest BCUT2D eigenvalue weighted by Crippen LogP contribution is -2.33. The zero-order chi connectivity index (χ0) is 17.6. The average molecular weight is 371 g/mol. The fourth-order valence-electron chi connectivity index (χ4n) is 2.57. The number of halogens is 1. The average Bonchev–Trinajstić information content (AvgIpc) is 3.14. The highest BCUT2D eigenvalue weighted by Crippen LogP contribution is 2.26. The molecule has 0 bridgehead atoms. The molecule has 1 aromatic heterocycles. The molecule has 0 spiro atoms. The Hall–Kier alpha value is -2.30. The quantitative estimate of drug-likeness (QED) is 0.639. The Morgan fingerprint density at radius 3 is 2.60 bits per heavy atom. The minimum absolute atomic E-state index is 0.0844. The number of carbonyl (C=O) groups is 1. The maximum absolute atomic E-state index is 12.5. The van der Waals surface area contributed by atoms with Gasteiger partial charge in [0.15, 0.2) is 0 Å². The van der Waals surface area contributed by atoms with E-state index in [0.29, 0.717) is 5.02 Å². The van der Waals surface area contributed by atoms with Crippen molar-refractivity contribution in [3.05, 3.63) is 87.1 Å². The highest BCUT2D eigenvalue weighted by Gasteiger charge is 2.17. The highest BCUT2D eigenvalue weighted by molar-refractivity contribution is 7.10. The van der Waals surface area contributed by atoms with E-state index in [2.05, 4.69) is 10.6 Å². The van der Waals surface area contributed by atoms with Crippen LogP contribution >= 0.6 is 22.9 Å². The summed E-state index contributed by atoms with van der Waals surface area (Å²) in [5, 5.41) is 8.84. The molecule has 128 valence electrons. The van der Waals surface area contributed by atoms with E-state index in [-0.39, 0.29) is 18.5 Å². The van der Waals surface area contributed by atoms with Crippen molar-refractivity contribution in [1.82, 2.24) is 5.32 Å². The van der Waals surface area contributed by atoms with E-state index in [1.165, 1.54) is 0 Å². The molecule has 0 aliphatic heterocycles. The number of aryl methyl sites for hydroxylation is 1. The van der Waals surface area contributed by atoms with E-state index in [1.807, 2.05) is 73.0 Å². The van der Waals surface area contributed by atoms with E-state index in [0.717, 1.165) is 21.7 Å². The second kappa shape index (κ2) is 8.19.